The zero-order valence-electron chi connectivity index (χ0n) is 17.7. The molecule has 7 heteroatoms. The molecule has 0 radical (unpaired) electrons. The summed E-state index contributed by atoms with van der Waals surface area (Å²) >= 11 is 0. The van der Waals surface area contributed by atoms with Gasteiger partial charge in [0, 0.05) is 30.2 Å². The predicted octanol–water partition coefficient (Wildman–Crippen LogP) is 3.43. The Balaban J connectivity index is 1.50. The van der Waals surface area contributed by atoms with Crippen LogP contribution in [0.3, 0.4) is 0 Å². The molecular weight excluding hydrogens is 396 g/mol. The summed E-state index contributed by atoms with van der Waals surface area (Å²) in [5.41, 5.74) is 1.91. The van der Waals surface area contributed by atoms with Gasteiger partial charge in [-0.05, 0) is 42.1 Å². The van der Waals surface area contributed by atoms with Crippen molar-refractivity contribution in [1.82, 2.24) is 9.88 Å². The number of rotatable bonds is 7. The van der Waals surface area contributed by atoms with Gasteiger partial charge in [0.25, 0.3) is 0 Å². The Morgan fingerprint density at radius 3 is 2.68 bits per heavy atom. The molecule has 4 aromatic rings. The molecule has 2 aromatic heterocycles. The van der Waals surface area contributed by atoms with Crippen molar-refractivity contribution in [1.29, 1.82) is 0 Å². The molecule has 1 N–H and O–H groups in total. The fraction of sp³-hybridized carbons (Fsp3) is 0.250. The van der Waals surface area contributed by atoms with Crippen molar-refractivity contribution in [2.75, 3.05) is 20.8 Å². The third kappa shape index (κ3) is 3.86. The van der Waals surface area contributed by atoms with Crippen molar-refractivity contribution in [2.24, 2.45) is 0 Å². The minimum Gasteiger partial charge on any atom is -0.493 e. The molecule has 31 heavy (non-hydrogen) atoms. The largest absolute Gasteiger partial charge is 0.493 e. The van der Waals surface area contributed by atoms with Crippen LogP contribution < -0.4 is 20.4 Å². The molecule has 0 spiro atoms. The fourth-order valence-corrected chi connectivity index (χ4v) is 3.84. The second kappa shape index (κ2) is 8.55. The van der Waals surface area contributed by atoms with E-state index in [2.05, 4.69) is 16.0 Å². The van der Waals surface area contributed by atoms with Gasteiger partial charge >= 0.3 is 5.63 Å². The first-order valence-corrected chi connectivity index (χ1v) is 10.0. The highest BCUT2D eigenvalue weighted by molar-refractivity contribution is 5.90. The third-order valence-electron chi connectivity index (χ3n) is 5.49. The van der Waals surface area contributed by atoms with Gasteiger partial charge in [-0.1, -0.05) is 18.2 Å². The first-order valence-electron chi connectivity index (χ1n) is 10.0. The topological polar surface area (TPSA) is 82.7 Å². The number of carbonyl (C=O) groups is 1. The molecule has 0 fully saturated rings. The lowest BCUT2D eigenvalue weighted by molar-refractivity contribution is -0.120. The lowest BCUT2D eigenvalue weighted by Gasteiger charge is -2.13. The molecule has 4 rings (SSSR count). The van der Waals surface area contributed by atoms with Gasteiger partial charge < -0.3 is 23.8 Å². The van der Waals surface area contributed by atoms with Gasteiger partial charge in [-0.3, -0.25) is 4.79 Å². The summed E-state index contributed by atoms with van der Waals surface area (Å²) in [5.74, 6) is 0.599. The van der Waals surface area contributed by atoms with Crippen molar-refractivity contribution >= 4 is 27.8 Å². The molecule has 7 nitrogen and oxygen atoms in total. The first kappa shape index (κ1) is 20.5. The van der Waals surface area contributed by atoms with E-state index in [1.807, 2.05) is 30.5 Å². The van der Waals surface area contributed by atoms with Crippen LogP contribution in [0.15, 0.2) is 57.9 Å². The van der Waals surface area contributed by atoms with Crippen LogP contribution in [0.25, 0.3) is 21.9 Å². The van der Waals surface area contributed by atoms with Crippen LogP contribution >= 0.6 is 0 Å². The standard InChI is InChI=1S/C24H24N2O5/c1-15-17-8-9-20(29-2)23(30-3)22(17)31-24(28)18(15)14-21(27)25-11-13-26-12-10-16-6-4-5-7-19(16)26/h4-10,12H,11,13-14H2,1-3H3,(H,25,27). The van der Waals surface area contributed by atoms with Crippen LogP contribution in [0.4, 0.5) is 0 Å². The van der Waals surface area contributed by atoms with Gasteiger partial charge in [-0.2, -0.15) is 0 Å². The van der Waals surface area contributed by atoms with Gasteiger partial charge in [-0.15, -0.1) is 0 Å². The zero-order valence-corrected chi connectivity index (χ0v) is 17.7. The molecule has 0 saturated carbocycles. The average Bonchev–Trinajstić information content (AvgIpc) is 3.19. The van der Waals surface area contributed by atoms with E-state index in [1.165, 1.54) is 14.2 Å². The van der Waals surface area contributed by atoms with E-state index >= 15 is 0 Å². The predicted molar refractivity (Wildman–Crippen MR) is 119 cm³/mol. The summed E-state index contributed by atoms with van der Waals surface area (Å²) < 4.78 is 18.2. The molecule has 0 aliphatic heterocycles. The Hall–Kier alpha value is -3.74. The molecule has 0 unspecified atom stereocenters. The van der Waals surface area contributed by atoms with E-state index in [9.17, 15) is 9.59 Å². The van der Waals surface area contributed by atoms with E-state index in [-0.39, 0.29) is 12.3 Å². The molecule has 2 heterocycles. The number of carbonyl (C=O) groups excluding carboxylic acids is 1. The maximum atomic E-state index is 12.6. The van der Waals surface area contributed by atoms with Crippen molar-refractivity contribution in [3.8, 4) is 11.5 Å². The van der Waals surface area contributed by atoms with Crippen LogP contribution in [-0.2, 0) is 17.8 Å². The molecule has 160 valence electrons. The first-order chi connectivity index (χ1) is 15.0. The van der Waals surface area contributed by atoms with Gasteiger partial charge in [0.1, 0.15) is 0 Å². The Kier molecular flexibility index (Phi) is 5.66. The molecule has 2 aromatic carbocycles. The maximum absolute atomic E-state index is 12.6. The van der Waals surface area contributed by atoms with E-state index < -0.39 is 5.63 Å². The third-order valence-corrected chi connectivity index (χ3v) is 5.49. The molecule has 0 aliphatic rings. The second-order valence-corrected chi connectivity index (χ2v) is 7.27. The number of hydrogen-bond donors (Lipinski definition) is 1. The number of amides is 1. The summed E-state index contributed by atoms with van der Waals surface area (Å²) in [6.07, 6.45) is 1.95. The number of aromatic nitrogens is 1. The van der Waals surface area contributed by atoms with Gasteiger partial charge in [-0.25, -0.2) is 4.79 Å². The number of nitrogens with zero attached hydrogens (tertiary/aromatic N) is 1. The molecule has 1 amide bonds. The number of fused-ring (bicyclic) bond motifs is 2. The van der Waals surface area contributed by atoms with Crippen LogP contribution in [0.1, 0.15) is 11.1 Å². The highest BCUT2D eigenvalue weighted by Gasteiger charge is 2.19. The Labute approximate surface area is 179 Å². The lowest BCUT2D eigenvalue weighted by atomic mass is 10.0. The SMILES string of the molecule is COc1ccc2c(C)c(CC(=O)NCCn3ccc4ccccc43)c(=O)oc2c1OC. The summed E-state index contributed by atoms with van der Waals surface area (Å²) in [5, 5.41) is 4.76. The van der Waals surface area contributed by atoms with Crippen LogP contribution in [0, 0.1) is 6.92 Å². The summed E-state index contributed by atoms with van der Waals surface area (Å²) in [7, 11) is 3.01. The second-order valence-electron chi connectivity index (χ2n) is 7.27. The van der Waals surface area contributed by atoms with Gasteiger partial charge in [0.2, 0.25) is 11.7 Å². The Morgan fingerprint density at radius 1 is 1.10 bits per heavy atom. The van der Waals surface area contributed by atoms with E-state index in [4.69, 9.17) is 13.9 Å². The number of aryl methyl sites for hydroxylation is 1. The van der Waals surface area contributed by atoms with E-state index in [0.29, 0.717) is 46.7 Å². The summed E-state index contributed by atoms with van der Waals surface area (Å²) in [6.45, 7) is 2.90. The molecular formula is C24H24N2O5. The number of nitrogens with one attached hydrogen (secondary N) is 1. The minimum absolute atomic E-state index is 0.0507. The number of benzene rings is 2. The van der Waals surface area contributed by atoms with Crippen LogP contribution in [0.5, 0.6) is 11.5 Å². The highest BCUT2D eigenvalue weighted by atomic mass is 16.5. The van der Waals surface area contributed by atoms with Crippen LogP contribution in [-0.4, -0.2) is 31.2 Å². The number of para-hydroxylation sites is 1. The Bertz CT molecular complexity index is 1320. The smallest absolute Gasteiger partial charge is 0.340 e. The highest BCUT2D eigenvalue weighted by Crippen LogP contribution is 2.36. The Morgan fingerprint density at radius 2 is 1.90 bits per heavy atom. The fourth-order valence-electron chi connectivity index (χ4n) is 3.84. The van der Waals surface area contributed by atoms with Gasteiger partial charge in [0.15, 0.2) is 11.3 Å². The zero-order chi connectivity index (χ0) is 22.0. The summed E-state index contributed by atoms with van der Waals surface area (Å²) in [4.78, 5) is 25.1. The minimum atomic E-state index is -0.553. The van der Waals surface area contributed by atoms with Crippen molar-refractivity contribution in [2.45, 2.75) is 19.9 Å². The number of methoxy groups -OCH3 is 2. The average molecular weight is 420 g/mol. The quantitative estimate of drug-likeness (QED) is 0.463. The molecule has 0 saturated heterocycles. The molecule has 0 aliphatic carbocycles. The van der Waals surface area contributed by atoms with Crippen molar-refractivity contribution in [3.05, 3.63) is 70.2 Å². The lowest BCUT2D eigenvalue weighted by Crippen LogP contribution is -2.30. The molecule has 0 atom stereocenters. The normalized spacial score (nSPS) is 11.1. The van der Waals surface area contributed by atoms with E-state index in [0.717, 1.165) is 10.9 Å². The van der Waals surface area contributed by atoms with Crippen molar-refractivity contribution < 1.29 is 18.7 Å². The van der Waals surface area contributed by atoms with Crippen molar-refractivity contribution in [3.63, 3.8) is 0 Å². The maximum Gasteiger partial charge on any atom is 0.340 e. The number of hydrogen-bond acceptors (Lipinski definition) is 5. The monoisotopic (exact) mass is 420 g/mol. The molecule has 0 bridgehead atoms. The number of ether oxygens (including phenoxy) is 2. The summed E-state index contributed by atoms with van der Waals surface area (Å²) in [6, 6.07) is 13.7. The van der Waals surface area contributed by atoms with Crippen LogP contribution in [0.2, 0.25) is 0 Å². The van der Waals surface area contributed by atoms with E-state index in [1.54, 1.807) is 19.1 Å². The van der Waals surface area contributed by atoms with Gasteiger partial charge in [0.05, 0.1) is 26.2 Å².